The third kappa shape index (κ3) is 3.51. The molecule has 1 aliphatic heterocycles. The first-order chi connectivity index (χ1) is 15.3. The molecule has 0 spiro atoms. The second-order valence-corrected chi connectivity index (χ2v) is 8.68. The number of nitrogens with one attached hydrogen (secondary N) is 1. The summed E-state index contributed by atoms with van der Waals surface area (Å²) in [7, 11) is 0. The molecule has 4 aromatic rings. The summed E-state index contributed by atoms with van der Waals surface area (Å²) in [5.74, 6) is 1.75. The number of hydrogen-bond donors (Lipinski definition) is 2. The van der Waals surface area contributed by atoms with Gasteiger partial charge in [-0.2, -0.15) is 0 Å². The van der Waals surface area contributed by atoms with E-state index in [-0.39, 0.29) is 0 Å². The third-order valence-corrected chi connectivity index (χ3v) is 5.21. The summed E-state index contributed by atoms with van der Waals surface area (Å²) in [6, 6.07) is 11.1. The van der Waals surface area contributed by atoms with Crippen molar-refractivity contribution < 1.29 is 13.9 Å². The molecule has 32 heavy (non-hydrogen) atoms. The molecular weight excluding hydrogens is 408 g/mol. The molecule has 9 nitrogen and oxygen atoms in total. The fourth-order valence-corrected chi connectivity index (χ4v) is 3.88. The summed E-state index contributed by atoms with van der Waals surface area (Å²) in [5.41, 5.74) is 8.03. The minimum absolute atomic E-state index is 0.301. The SMILES string of the molecule is CC(C)(C)OC(=O)n1ccc2c(Cn3cnc4c3NC(N)=NC4c3ccco3)cccc21. The molecule has 0 amide bonds. The van der Waals surface area contributed by atoms with Crippen LogP contribution in [-0.2, 0) is 11.3 Å². The minimum Gasteiger partial charge on any atom is -0.467 e. The molecule has 3 N–H and O–H groups in total. The summed E-state index contributed by atoms with van der Waals surface area (Å²) in [6.45, 7) is 6.08. The van der Waals surface area contributed by atoms with Crippen LogP contribution in [0.1, 0.15) is 43.8 Å². The highest BCUT2D eigenvalue weighted by Crippen LogP contribution is 2.34. The topological polar surface area (TPSA) is 113 Å². The molecule has 1 unspecified atom stereocenters. The lowest BCUT2D eigenvalue weighted by Gasteiger charge is -2.20. The maximum absolute atomic E-state index is 12.6. The van der Waals surface area contributed by atoms with Gasteiger partial charge in [-0.25, -0.2) is 14.8 Å². The average molecular weight is 432 g/mol. The number of anilines is 1. The van der Waals surface area contributed by atoms with Crippen LogP contribution in [0.15, 0.2) is 64.6 Å². The van der Waals surface area contributed by atoms with Crippen molar-refractivity contribution in [1.29, 1.82) is 0 Å². The van der Waals surface area contributed by atoms with Crippen LogP contribution in [0.2, 0.25) is 0 Å². The molecule has 164 valence electrons. The standard InChI is InChI=1S/C23H24N6O3/c1-23(2,3)32-22(30)29-10-9-15-14(6-4-7-16(15)29)12-28-13-25-19-18(17-8-5-11-31-17)26-21(24)27-20(19)28/h4-11,13,18H,12H2,1-3H3,(H3,24,26,27). The Labute approximate surface area is 184 Å². The van der Waals surface area contributed by atoms with Crippen LogP contribution in [0.3, 0.4) is 0 Å². The van der Waals surface area contributed by atoms with Crippen molar-refractivity contribution in [2.45, 2.75) is 39.0 Å². The number of imidazole rings is 1. The fourth-order valence-electron chi connectivity index (χ4n) is 3.88. The average Bonchev–Trinajstić information content (AvgIpc) is 3.46. The highest BCUT2D eigenvalue weighted by molar-refractivity contribution is 5.94. The second-order valence-electron chi connectivity index (χ2n) is 8.68. The van der Waals surface area contributed by atoms with E-state index in [9.17, 15) is 4.79 Å². The van der Waals surface area contributed by atoms with E-state index in [1.165, 1.54) is 4.57 Å². The molecule has 4 heterocycles. The number of guanidine groups is 1. The number of carbonyl (C=O) groups excluding carboxylic acids is 1. The number of aliphatic imine (C=N–C) groups is 1. The molecule has 5 rings (SSSR count). The molecular formula is C23H24N6O3. The molecule has 1 atom stereocenters. The van der Waals surface area contributed by atoms with Gasteiger partial charge in [-0.15, -0.1) is 0 Å². The van der Waals surface area contributed by atoms with Crippen LogP contribution in [0.4, 0.5) is 10.6 Å². The van der Waals surface area contributed by atoms with Gasteiger partial charge in [-0.1, -0.05) is 12.1 Å². The number of furan rings is 1. The van der Waals surface area contributed by atoms with Crippen molar-refractivity contribution in [3.05, 3.63) is 72.2 Å². The van der Waals surface area contributed by atoms with Crippen molar-refractivity contribution in [2.24, 2.45) is 10.7 Å². The lowest BCUT2D eigenvalue weighted by molar-refractivity contribution is 0.0544. The van der Waals surface area contributed by atoms with Gasteiger partial charge in [0.2, 0.25) is 0 Å². The van der Waals surface area contributed by atoms with E-state index in [1.54, 1.807) is 18.8 Å². The zero-order valence-corrected chi connectivity index (χ0v) is 18.1. The maximum atomic E-state index is 12.6. The predicted octanol–water partition coefficient (Wildman–Crippen LogP) is 4.09. The van der Waals surface area contributed by atoms with Crippen LogP contribution >= 0.6 is 0 Å². The van der Waals surface area contributed by atoms with Crippen molar-refractivity contribution in [3.8, 4) is 0 Å². The Hall–Kier alpha value is -4.01. The first kappa shape index (κ1) is 19.9. The Morgan fingerprint density at radius 2 is 2.09 bits per heavy atom. The van der Waals surface area contributed by atoms with Crippen LogP contribution in [0.5, 0.6) is 0 Å². The van der Waals surface area contributed by atoms with Gasteiger partial charge < -0.3 is 24.8 Å². The number of fused-ring (bicyclic) bond motifs is 2. The van der Waals surface area contributed by atoms with Crippen molar-refractivity contribution in [2.75, 3.05) is 5.32 Å². The molecule has 1 aromatic carbocycles. The molecule has 0 bridgehead atoms. The molecule has 0 fully saturated rings. The zero-order chi connectivity index (χ0) is 22.5. The van der Waals surface area contributed by atoms with E-state index in [2.05, 4.69) is 15.3 Å². The van der Waals surface area contributed by atoms with Crippen LogP contribution in [0, 0.1) is 0 Å². The molecule has 0 saturated heterocycles. The molecule has 0 saturated carbocycles. The Kier molecular flexibility index (Phi) is 4.54. The van der Waals surface area contributed by atoms with E-state index in [1.807, 2.05) is 61.7 Å². The molecule has 1 aliphatic rings. The first-order valence-electron chi connectivity index (χ1n) is 10.3. The van der Waals surface area contributed by atoms with E-state index in [0.717, 1.165) is 28.0 Å². The van der Waals surface area contributed by atoms with Crippen LogP contribution < -0.4 is 11.1 Å². The number of aromatic nitrogens is 3. The number of hydrogen-bond acceptors (Lipinski definition) is 7. The summed E-state index contributed by atoms with van der Waals surface area (Å²) >= 11 is 0. The van der Waals surface area contributed by atoms with Gasteiger partial charge in [-0.3, -0.25) is 4.57 Å². The van der Waals surface area contributed by atoms with Gasteiger partial charge in [0, 0.05) is 11.6 Å². The normalized spacial score (nSPS) is 15.8. The monoisotopic (exact) mass is 432 g/mol. The van der Waals surface area contributed by atoms with Gasteiger partial charge in [0.05, 0.1) is 24.7 Å². The van der Waals surface area contributed by atoms with Crippen LogP contribution in [0.25, 0.3) is 10.9 Å². The van der Waals surface area contributed by atoms with E-state index < -0.39 is 17.7 Å². The Balaban J connectivity index is 1.49. The van der Waals surface area contributed by atoms with E-state index >= 15 is 0 Å². The smallest absolute Gasteiger partial charge is 0.418 e. The highest BCUT2D eigenvalue weighted by atomic mass is 16.6. The number of nitrogens with zero attached hydrogens (tertiary/aromatic N) is 4. The van der Waals surface area contributed by atoms with Gasteiger partial charge in [0.1, 0.15) is 22.9 Å². The Morgan fingerprint density at radius 1 is 1.25 bits per heavy atom. The second kappa shape index (κ2) is 7.30. The van der Waals surface area contributed by atoms with E-state index in [0.29, 0.717) is 18.3 Å². The number of nitrogens with two attached hydrogens (primary N) is 1. The Bertz CT molecular complexity index is 1320. The lowest BCUT2D eigenvalue weighted by Crippen LogP contribution is -2.29. The van der Waals surface area contributed by atoms with E-state index in [4.69, 9.17) is 14.9 Å². The summed E-state index contributed by atoms with van der Waals surface area (Å²) in [4.78, 5) is 21.6. The quantitative estimate of drug-likeness (QED) is 0.504. The predicted molar refractivity (Wildman–Crippen MR) is 121 cm³/mol. The molecule has 0 radical (unpaired) electrons. The van der Waals surface area contributed by atoms with Gasteiger partial charge in [-0.05, 0) is 50.6 Å². The van der Waals surface area contributed by atoms with Gasteiger partial charge in [0.15, 0.2) is 12.0 Å². The maximum Gasteiger partial charge on any atom is 0.418 e. The molecule has 0 aliphatic carbocycles. The lowest BCUT2D eigenvalue weighted by atomic mass is 10.1. The third-order valence-electron chi connectivity index (χ3n) is 5.21. The summed E-state index contributed by atoms with van der Waals surface area (Å²) in [5, 5.41) is 4.08. The largest absolute Gasteiger partial charge is 0.467 e. The zero-order valence-electron chi connectivity index (χ0n) is 18.1. The van der Waals surface area contributed by atoms with Crippen molar-refractivity contribution in [1.82, 2.24) is 14.1 Å². The molecule has 9 heteroatoms. The Morgan fingerprint density at radius 3 is 2.84 bits per heavy atom. The van der Waals surface area contributed by atoms with Crippen molar-refractivity contribution in [3.63, 3.8) is 0 Å². The first-order valence-corrected chi connectivity index (χ1v) is 10.3. The minimum atomic E-state index is -0.571. The van der Waals surface area contributed by atoms with Gasteiger partial charge >= 0.3 is 6.09 Å². The van der Waals surface area contributed by atoms with Crippen molar-refractivity contribution >= 4 is 28.8 Å². The summed E-state index contributed by atoms with van der Waals surface area (Å²) in [6.07, 6.45) is 4.69. The van der Waals surface area contributed by atoms with Crippen LogP contribution in [-0.4, -0.2) is 31.8 Å². The number of benzene rings is 1. The number of carbonyl (C=O) groups is 1. The fraction of sp³-hybridized carbons (Fsp3) is 0.261. The molecule has 3 aromatic heterocycles. The number of rotatable bonds is 3. The number of ether oxygens (including phenoxy) is 1. The van der Waals surface area contributed by atoms with Gasteiger partial charge in [0.25, 0.3) is 0 Å². The highest BCUT2D eigenvalue weighted by Gasteiger charge is 2.29. The summed E-state index contributed by atoms with van der Waals surface area (Å²) < 4.78 is 14.6.